The highest BCUT2D eigenvalue weighted by molar-refractivity contribution is 7.08. The number of hydrogen-bond donors (Lipinski definition) is 2. The second-order valence-electron chi connectivity index (χ2n) is 5.86. The summed E-state index contributed by atoms with van der Waals surface area (Å²) >= 11 is 1.46. The van der Waals surface area contributed by atoms with Crippen LogP contribution >= 0.6 is 11.3 Å². The van der Waals surface area contributed by atoms with Gasteiger partial charge in [0.1, 0.15) is 5.76 Å². The summed E-state index contributed by atoms with van der Waals surface area (Å²) in [7, 11) is 0. The highest BCUT2D eigenvalue weighted by Crippen LogP contribution is 2.23. The first-order chi connectivity index (χ1) is 12.5. The van der Waals surface area contributed by atoms with Crippen LogP contribution in [-0.4, -0.2) is 17.0 Å². The van der Waals surface area contributed by atoms with E-state index in [-0.39, 0.29) is 11.8 Å². The van der Waals surface area contributed by atoms with E-state index in [1.165, 1.54) is 11.3 Å². The molecule has 0 radical (unpaired) electrons. The van der Waals surface area contributed by atoms with Crippen molar-refractivity contribution in [2.75, 3.05) is 10.6 Å². The number of aromatic nitrogens is 1. The van der Waals surface area contributed by atoms with Crippen molar-refractivity contribution in [3.8, 4) is 0 Å². The minimum atomic E-state index is -0.205. The normalized spacial score (nSPS) is 10.5. The van der Waals surface area contributed by atoms with E-state index in [1.807, 2.05) is 31.4 Å². The summed E-state index contributed by atoms with van der Waals surface area (Å²) in [5, 5.41) is 13.2. The number of amides is 2. The molecule has 26 heavy (non-hydrogen) atoms. The maximum absolute atomic E-state index is 12.3. The van der Waals surface area contributed by atoms with Gasteiger partial charge in [0.25, 0.3) is 5.91 Å². The van der Waals surface area contributed by atoms with Crippen molar-refractivity contribution < 1.29 is 14.1 Å². The van der Waals surface area contributed by atoms with E-state index in [0.29, 0.717) is 29.8 Å². The minimum absolute atomic E-state index is 0.137. The fraction of sp³-hybridized carbons (Fsp3) is 0.211. The topological polar surface area (TPSA) is 84.2 Å². The van der Waals surface area contributed by atoms with Gasteiger partial charge >= 0.3 is 0 Å². The molecule has 1 aromatic carbocycles. The van der Waals surface area contributed by atoms with Crippen LogP contribution in [0.2, 0.25) is 0 Å². The van der Waals surface area contributed by atoms with Crippen molar-refractivity contribution in [1.82, 2.24) is 5.16 Å². The zero-order valence-electron chi connectivity index (χ0n) is 14.5. The molecule has 0 aliphatic carbocycles. The van der Waals surface area contributed by atoms with Crippen molar-refractivity contribution in [1.29, 1.82) is 0 Å². The molecule has 0 saturated carbocycles. The minimum Gasteiger partial charge on any atom is -0.361 e. The number of para-hydroxylation sites is 2. The number of carbonyl (C=O) groups excluding carboxylic acids is 2. The third-order valence-electron chi connectivity index (χ3n) is 4.02. The van der Waals surface area contributed by atoms with Crippen LogP contribution < -0.4 is 10.6 Å². The lowest BCUT2D eigenvalue weighted by Gasteiger charge is -2.12. The number of nitrogens with one attached hydrogen (secondary N) is 2. The number of rotatable bonds is 6. The summed E-state index contributed by atoms with van der Waals surface area (Å²) < 4.78 is 5.12. The second-order valence-corrected chi connectivity index (χ2v) is 6.64. The predicted molar refractivity (Wildman–Crippen MR) is 102 cm³/mol. The predicted octanol–water partition coefficient (Wildman–Crippen LogP) is 4.18. The van der Waals surface area contributed by atoms with Gasteiger partial charge < -0.3 is 15.2 Å². The van der Waals surface area contributed by atoms with Gasteiger partial charge in [-0.15, -0.1) is 0 Å². The molecule has 2 aromatic heterocycles. The first kappa shape index (κ1) is 17.9. The van der Waals surface area contributed by atoms with Crippen molar-refractivity contribution in [3.05, 3.63) is 63.7 Å². The van der Waals surface area contributed by atoms with Gasteiger partial charge in [-0.2, -0.15) is 11.3 Å². The number of thiophene rings is 1. The molecule has 0 unspecified atom stereocenters. The molecule has 2 heterocycles. The molecule has 6 nitrogen and oxygen atoms in total. The van der Waals surface area contributed by atoms with E-state index in [2.05, 4.69) is 15.8 Å². The van der Waals surface area contributed by atoms with Crippen molar-refractivity contribution in [3.63, 3.8) is 0 Å². The van der Waals surface area contributed by atoms with Crippen LogP contribution in [0.4, 0.5) is 11.4 Å². The lowest BCUT2D eigenvalue weighted by atomic mass is 10.1. The van der Waals surface area contributed by atoms with E-state index >= 15 is 0 Å². The van der Waals surface area contributed by atoms with Crippen molar-refractivity contribution in [2.24, 2.45) is 0 Å². The molecule has 134 valence electrons. The highest BCUT2D eigenvalue weighted by atomic mass is 32.1. The molecule has 3 rings (SSSR count). The first-order valence-corrected chi connectivity index (χ1v) is 9.13. The number of aryl methyl sites for hydroxylation is 2. The van der Waals surface area contributed by atoms with Crippen LogP contribution in [0.25, 0.3) is 0 Å². The van der Waals surface area contributed by atoms with Crippen molar-refractivity contribution in [2.45, 2.75) is 26.7 Å². The van der Waals surface area contributed by atoms with E-state index in [0.717, 1.165) is 17.0 Å². The number of nitrogens with zero attached hydrogens (tertiary/aromatic N) is 1. The molecule has 0 aliphatic rings. The number of carbonyl (C=O) groups is 2. The molecule has 2 N–H and O–H groups in total. The molecule has 0 atom stereocenters. The average Bonchev–Trinajstić information content (AvgIpc) is 3.26. The number of anilines is 2. The second kappa shape index (κ2) is 7.97. The lowest BCUT2D eigenvalue weighted by Crippen LogP contribution is -2.16. The van der Waals surface area contributed by atoms with Crippen LogP contribution in [-0.2, 0) is 11.2 Å². The molecular weight excluding hydrogens is 350 g/mol. The Labute approximate surface area is 155 Å². The monoisotopic (exact) mass is 369 g/mol. The third kappa shape index (κ3) is 4.18. The Morgan fingerprint density at radius 2 is 1.85 bits per heavy atom. The fourth-order valence-electron chi connectivity index (χ4n) is 2.60. The largest absolute Gasteiger partial charge is 0.361 e. The van der Waals surface area contributed by atoms with Gasteiger partial charge in [-0.1, -0.05) is 17.3 Å². The Morgan fingerprint density at radius 3 is 2.46 bits per heavy atom. The summed E-state index contributed by atoms with van der Waals surface area (Å²) in [6, 6.07) is 8.89. The smallest absolute Gasteiger partial charge is 0.256 e. The summed E-state index contributed by atoms with van der Waals surface area (Å²) in [4.78, 5) is 24.6. The van der Waals surface area contributed by atoms with Gasteiger partial charge in [0, 0.05) is 17.4 Å². The first-order valence-electron chi connectivity index (χ1n) is 8.19. The van der Waals surface area contributed by atoms with Crippen LogP contribution in [0.1, 0.15) is 33.8 Å². The average molecular weight is 369 g/mol. The molecule has 0 spiro atoms. The van der Waals surface area contributed by atoms with E-state index in [9.17, 15) is 9.59 Å². The maximum Gasteiger partial charge on any atom is 0.256 e. The lowest BCUT2D eigenvalue weighted by molar-refractivity contribution is -0.116. The van der Waals surface area contributed by atoms with E-state index in [1.54, 1.807) is 23.6 Å². The SMILES string of the molecule is Cc1noc(C)c1CCC(=O)Nc1ccccc1NC(=O)c1ccsc1. The van der Waals surface area contributed by atoms with Gasteiger partial charge in [0.2, 0.25) is 5.91 Å². The molecule has 0 aliphatic heterocycles. The van der Waals surface area contributed by atoms with Gasteiger partial charge in [0.15, 0.2) is 0 Å². The van der Waals surface area contributed by atoms with Gasteiger partial charge in [-0.3, -0.25) is 9.59 Å². The zero-order valence-corrected chi connectivity index (χ0v) is 15.4. The summed E-state index contributed by atoms with van der Waals surface area (Å²) in [5.74, 6) is 0.393. The Kier molecular flexibility index (Phi) is 5.48. The number of benzene rings is 1. The van der Waals surface area contributed by atoms with E-state index in [4.69, 9.17) is 4.52 Å². The quantitative estimate of drug-likeness (QED) is 0.683. The Balaban J connectivity index is 1.64. The molecule has 7 heteroatoms. The zero-order chi connectivity index (χ0) is 18.5. The van der Waals surface area contributed by atoms with E-state index < -0.39 is 0 Å². The Morgan fingerprint density at radius 1 is 1.12 bits per heavy atom. The Hall–Kier alpha value is -2.93. The molecule has 2 amide bonds. The fourth-order valence-corrected chi connectivity index (χ4v) is 3.24. The van der Waals surface area contributed by atoms with Crippen molar-refractivity contribution >= 4 is 34.5 Å². The van der Waals surface area contributed by atoms with Gasteiger partial charge in [-0.05, 0) is 43.8 Å². The molecule has 0 fully saturated rings. The summed E-state index contributed by atoms with van der Waals surface area (Å²) in [5.41, 5.74) is 3.49. The van der Waals surface area contributed by atoms with Crippen LogP contribution in [0, 0.1) is 13.8 Å². The molecule has 0 bridgehead atoms. The molecular formula is C19H19N3O3S. The maximum atomic E-state index is 12.3. The third-order valence-corrected chi connectivity index (χ3v) is 4.70. The van der Waals surface area contributed by atoms with Gasteiger partial charge in [0.05, 0.1) is 22.6 Å². The highest BCUT2D eigenvalue weighted by Gasteiger charge is 2.13. The molecule has 3 aromatic rings. The standard InChI is InChI=1S/C19H19N3O3S/c1-12-15(13(2)25-22-12)7-8-18(23)20-16-5-3-4-6-17(16)21-19(24)14-9-10-26-11-14/h3-6,9-11H,7-8H2,1-2H3,(H,20,23)(H,21,24). The Bertz CT molecular complexity index is 897. The number of hydrogen-bond acceptors (Lipinski definition) is 5. The van der Waals surface area contributed by atoms with Crippen LogP contribution in [0.3, 0.4) is 0 Å². The van der Waals surface area contributed by atoms with Gasteiger partial charge in [-0.25, -0.2) is 0 Å². The van der Waals surface area contributed by atoms with Crippen LogP contribution in [0.15, 0.2) is 45.6 Å². The van der Waals surface area contributed by atoms with Crippen LogP contribution in [0.5, 0.6) is 0 Å². The molecule has 0 saturated heterocycles. The summed E-state index contributed by atoms with van der Waals surface area (Å²) in [6.45, 7) is 3.70. The summed E-state index contributed by atoms with van der Waals surface area (Å²) in [6.07, 6.45) is 0.853.